The minimum Gasteiger partial charge on any atom is -0.379 e. The summed E-state index contributed by atoms with van der Waals surface area (Å²) >= 11 is 5.58. The van der Waals surface area contributed by atoms with Crippen molar-refractivity contribution >= 4 is 17.3 Å². The summed E-state index contributed by atoms with van der Waals surface area (Å²) in [5, 5.41) is 2.75. The third-order valence-corrected chi connectivity index (χ3v) is 2.55. The van der Waals surface area contributed by atoms with Crippen molar-refractivity contribution in [1.82, 2.24) is 9.97 Å². The van der Waals surface area contributed by atoms with E-state index in [4.69, 9.17) is 11.6 Å². The molecule has 0 radical (unpaired) electrons. The molecule has 1 aromatic heterocycles. The molecule has 2 aromatic rings. The fourth-order valence-corrected chi connectivity index (χ4v) is 1.65. The van der Waals surface area contributed by atoms with Gasteiger partial charge in [0.05, 0.1) is 24.1 Å². The van der Waals surface area contributed by atoms with Crippen molar-refractivity contribution in [3.05, 3.63) is 47.0 Å². The van der Waals surface area contributed by atoms with Gasteiger partial charge in [-0.3, -0.25) is 0 Å². The van der Waals surface area contributed by atoms with Crippen molar-refractivity contribution in [2.45, 2.75) is 12.7 Å². The van der Waals surface area contributed by atoms with Gasteiger partial charge in [-0.15, -0.1) is 0 Å². The number of benzene rings is 1. The van der Waals surface area contributed by atoms with Gasteiger partial charge in [0.15, 0.2) is 0 Å². The summed E-state index contributed by atoms with van der Waals surface area (Å²) in [6.07, 6.45) is -1.44. The number of H-pyrrole nitrogens is 1. The van der Waals surface area contributed by atoms with Crippen LogP contribution in [-0.2, 0) is 12.7 Å². The number of aromatic amines is 1. The van der Waals surface area contributed by atoms with Crippen LogP contribution in [0.3, 0.4) is 0 Å². The lowest BCUT2D eigenvalue weighted by atomic mass is 10.1. The van der Waals surface area contributed by atoms with Crippen LogP contribution >= 0.6 is 11.6 Å². The summed E-state index contributed by atoms with van der Waals surface area (Å²) in [7, 11) is 0. The zero-order valence-corrected chi connectivity index (χ0v) is 9.81. The Hall–Kier alpha value is -1.69. The first-order valence-electron chi connectivity index (χ1n) is 5.04. The highest BCUT2D eigenvalue weighted by molar-refractivity contribution is 6.30. The van der Waals surface area contributed by atoms with E-state index >= 15 is 0 Å². The molecule has 0 atom stereocenters. The first-order valence-corrected chi connectivity index (χ1v) is 5.42. The van der Waals surface area contributed by atoms with E-state index in [1.165, 1.54) is 24.7 Å². The van der Waals surface area contributed by atoms with E-state index in [-0.39, 0.29) is 17.3 Å². The smallest absolute Gasteiger partial charge is 0.379 e. The van der Waals surface area contributed by atoms with E-state index < -0.39 is 11.7 Å². The molecule has 0 aliphatic carbocycles. The number of halogens is 4. The molecule has 0 spiro atoms. The summed E-state index contributed by atoms with van der Waals surface area (Å²) in [5.41, 5.74) is -0.103. The maximum absolute atomic E-state index is 12.8. The van der Waals surface area contributed by atoms with Crippen molar-refractivity contribution in [3.63, 3.8) is 0 Å². The second-order valence-electron chi connectivity index (χ2n) is 3.62. The van der Waals surface area contributed by atoms with Crippen LogP contribution < -0.4 is 5.32 Å². The molecule has 2 N–H and O–H groups in total. The first kappa shape index (κ1) is 12.8. The van der Waals surface area contributed by atoms with Crippen LogP contribution in [0.25, 0.3) is 0 Å². The molecule has 0 saturated carbocycles. The van der Waals surface area contributed by atoms with Gasteiger partial charge in [-0.05, 0) is 18.2 Å². The number of aromatic nitrogens is 2. The lowest BCUT2D eigenvalue weighted by molar-refractivity contribution is -0.136. The number of hydrogen-bond donors (Lipinski definition) is 2. The molecule has 0 bridgehead atoms. The highest BCUT2D eigenvalue weighted by Gasteiger charge is 2.33. The van der Waals surface area contributed by atoms with Gasteiger partial charge in [-0.1, -0.05) is 11.6 Å². The molecule has 0 aliphatic heterocycles. The van der Waals surface area contributed by atoms with Gasteiger partial charge >= 0.3 is 6.18 Å². The van der Waals surface area contributed by atoms with Crippen molar-refractivity contribution in [2.24, 2.45) is 0 Å². The molecule has 96 valence electrons. The van der Waals surface area contributed by atoms with Crippen LogP contribution in [0.5, 0.6) is 0 Å². The monoisotopic (exact) mass is 275 g/mol. The molecule has 0 amide bonds. The number of nitrogens with one attached hydrogen (secondary N) is 2. The summed E-state index contributed by atoms with van der Waals surface area (Å²) in [5.74, 6) is 0. The van der Waals surface area contributed by atoms with E-state index in [9.17, 15) is 13.2 Å². The van der Waals surface area contributed by atoms with Gasteiger partial charge in [-0.25, -0.2) is 4.98 Å². The number of nitrogens with zero attached hydrogens (tertiary/aromatic N) is 1. The van der Waals surface area contributed by atoms with Crippen molar-refractivity contribution in [3.8, 4) is 0 Å². The molecule has 0 fully saturated rings. The van der Waals surface area contributed by atoms with E-state index in [1.807, 2.05) is 0 Å². The maximum Gasteiger partial charge on any atom is 0.418 e. The van der Waals surface area contributed by atoms with Gasteiger partial charge in [0.2, 0.25) is 0 Å². The van der Waals surface area contributed by atoms with Crippen molar-refractivity contribution in [2.75, 3.05) is 5.32 Å². The Morgan fingerprint density at radius 1 is 1.33 bits per heavy atom. The van der Waals surface area contributed by atoms with Crippen LogP contribution in [0.4, 0.5) is 18.9 Å². The SMILES string of the molecule is FC(F)(F)c1cc(Cl)ccc1NCc1cnc[nH]1. The van der Waals surface area contributed by atoms with Gasteiger partial charge in [0.25, 0.3) is 0 Å². The largest absolute Gasteiger partial charge is 0.418 e. The zero-order valence-electron chi connectivity index (χ0n) is 9.05. The molecule has 0 unspecified atom stereocenters. The highest BCUT2D eigenvalue weighted by Crippen LogP contribution is 2.36. The average molecular weight is 276 g/mol. The molecule has 18 heavy (non-hydrogen) atoms. The summed E-state index contributed by atoms with van der Waals surface area (Å²) < 4.78 is 38.3. The molecule has 0 aliphatic rings. The Kier molecular flexibility index (Phi) is 3.47. The zero-order chi connectivity index (χ0) is 13.2. The quantitative estimate of drug-likeness (QED) is 0.897. The first-order chi connectivity index (χ1) is 8.47. The van der Waals surface area contributed by atoms with Gasteiger partial charge < -0.3 is 10.3 Å². The van der Waals surface area contributed by atoms with Gasteiger partial charge in [0, 0.05) is 16.9 Å². The third kappa shape index (κ3) is 2.95. The highest BCUT2D eigenvalue weighted by atomic mass is 35.5. The van der Waals surface area contributed by atoms with Crippen LogP contribution in [-0.4, -0.2) is 9.97 Å². The molecule has 7 heteroatoms. The standard InChI is InChI=1S/C11H9ClF3N3/c12-7-1-2-10(9(3-7)11(13,14)15)17-5-8-4-16-6-18-8/h1-4,6,17H,5H2,(H,16,18). The van der Waals surface area contributed by atoms with Gasteiger partial charge in [0.1, 0.15) is 0 Å². The van der Waals surface area contributed by atoms with Crippen molar-refractivity contribution < 1.29 is 13.2 Å². The van der Waals surface area contributed by atoms with Crippen molar-refractivity contribution in [1.29, 1.82) is 0 Å². The second-order valence-corrected chi connectivity index (χ2v) is 4.05. The van der Waals surface area contributed by atoms with Crippen LogP contribution in [0.1, 0.15) is 11.3 Å². The van der Waals surface area contributed by atoms with Crippen LogP contribution in [0.15, 0.2) is 30.7 Å². The summed E-state index contributed by atoms with van der Waals surface area (Å²) in [4.78, 5) is 6.58. The fourth-order valence-electron chi connectivity index (χ4n) is 1.48. The molecule has 0 saturated heterocycles. The van der Waals surface area contributed by atoms with E-state index in [2.05, 4.69) is 15.3 Å². The predicted octanol–water partition coefficient (Wildman–Crippen LogP) is 3.69. The Bertz CT molecular complexity index is 523. The minimum atomic E-state index is -4.44. The lowest BCUT2D eigenvalue weighted by Crippen LogP contribution is -2.11. The summed E-state index contributed by atoms with van der Waals surface area (Å²) in [6, 6.07) is 3.62. The summed E-state index contributed by atoms with van der Waals surface area (Å²) in [6.45, 7) is 0.227. The average Bonchev–Trinajstić information content (AvgIpc) is 2.79. The predicted molar refractivity (Wildman–Crippen MR) is 62.4 cm³/mol. The molecule has 3 nitrogen and oxygen atoms in total. The van der Waals surface area contributed by atoms with E-state index in [1.54, 1.807) is 0 Å². The third-order valence-electron chi connectivity index (χ3n) is 2.31. The Balaban J connectivity index is 2.22. The maximum atomic E-state index is 12.8. The minimum absolute atomic E-state index is 0.0125. The Labute approximate surface area is 106 Å². The molecular formula is C11H9ClF3N3. The van der Waals surface area contributed by atoms with Gasteiger partial charge in [-0.2, -0.15) is 13.2 Å². The number of imidazole rings is 1. The fraction of sp³-hybridized carbons (Fsp3) is 0.182. The van der Waals surface area contributed by atoms with E-state index in [0.29, 0.717) is 5.69 Å². The molecule has 1 heterocycles. The number of alkyl halides is 3. The Morgan fingerprint density at radius 2 is 2.11 bits per heavy atom. The Morgan fingerprint density at radius 3 is 2.72 bits per heavy atom. The van der Waals surface area contributed by atoms with E-state index in [0.717, 1.165) is 6.07 Å². The molecule has 2 rings (SSSR count). The molecular weight excluding hydrogens is 267 g/mol. The number of hydrogen-bond acceptors (Lipinski definition) is 2. The second kappa shape index (κ2) is 4.89. The normalized spacial score (nSPS) is 11.6. The number of rotatable bonds is 3. The van der Waals surface area contributed by atoms with Crippen LogP contribution in [0, 0.1) is 0 Å². The molecule has 1 aromatic carbocycles. The lowest BCUT2D eigenvalue weighted by Gasteiger charge is -2.14. The topological polar surface area (TPSA) is 40.7 Å². The number of anilines is 1. The van der Waals surface area contributed by atoms with Crippen LogP contribution in [0.2, 0.25) is 5.02 Å².